The molecule has 1 aromatic carbocycles. The summed E-state index contributed by atoms with van der Waals surface area (Å²) in [5.41, 5.74) is 10.5. The fourth-order valence-electron chi connectivity index (χ4n) is 1.44. The van der Waals surface area contributed by atoms with Crippen LogP contribution in [0.4, 0.5) is 10.8 Å². The van der Waals surface area contributed by atoms with Crippen molar-refractivity contribution in [2.75, 3.05) is 17.4 Å². The quantitative estimate of drug-likeness (QED) is 0.664. The zero-order chi connectivity index (χ0) is 14.8. The maximum Gasteiger partial charge on any atom is 0.180 e. The zero-order valence-electron chi connectivity index (χ0n) is 11.0. The Labute approximate surface area is 121 Å². The summed E-state index contributed by atoms with van der Waals surface area (Å²) >= 11 is 1.35. The molecular weight excluding hydrogens is 296 g/mol. The summed E-state index contributed by atoms with van der Waals surface area (Å²) in [5.74, 6) is 0. The highest BCUT2D eigenvalue weighted by Gasteiger charge is 2.06. The minimum atomic E-state index is -3.18. The first-order valence-electron chi connectivity index (χ1n) is 5.68. The van der Waals surface area contributed by atoms with E-state index >= 15 is 0 Å². The fraction of sp³-hybridized carbons (Fsp3) is 0.167. The molecule has 8 heteroatoms. The van der Waals surface area contributed by atoms with E-state index in [9.17, 15) is 8.42 Å². The molecule has 20 heavy (non-hydrogen) atoms. The Morgan fingerprint density at radius 2 is 2.00 bits per heavy atom. The summed E-state index contributed by atoms with van der Waals surface area (Å²) in [4.78, 5) is 4.39. The van der Waals surface area contributed by atoms with Crippen LogP contribution in [0.1, 0.15) is 12.6 Å². The number of hydrogen-bond acceptors (Lipinski definition) is 7. The number of aromatic nitrogens is 1. The Morgan fingerprint density at radius 3 is 2.50 bits per heavy atom. The number of hydrogen-bond donors (Lipinski definition) is 2. The van der Waals surface area contributed by atoms with Gasteiger partial charge in [-0.15, -0.1) is 11.3 Å². The van der Waals surface area contributed by atoms with Crippen molar-refractivity contribution in [3.05, 3.63) is 35.3 Å². The van der Waals surface area contributed by atoms with Crippen LogP contribution in [0.3, 0.4) is 0 Å². The van der Waals surface area contributed by atoms with Gasteiger partial charge in [-0.1, -0.05) is 0 Å². The van der Waals surface area contributed by atoms with Gasteiger partial charge >= 0.3 is 0 Å². The van der Waals surface area contributed by atoms with E-state index in [1.165, 1.54) is 29.7 Å². The van der Waals surface area contributed by atoms with E-state index in [1.807, 2.05) is 12.3 Å². The lowest BCUT2D eigenvalue weighted by Crippen LogP contribution is -2.01. The summed E-state index contributed by atoms with van der Waals surface area (Å²) in [6.07, 6.45) is 1.17. The van der Waals surface area contributed by atoms with Crippen molar-refractivity contribution < 1.29 is 8.42 Å². The number of nitrogens with one attached hydrogen (secondary N) is 1. The second-order valence-electron chi connectivity index (χ2n) is 4.18. The molecule has 0 aliphatic rings. The lowest BCUT2D eigenvalue weighted by Gasteiger charge is -2.03. The van der Waals surface area contributed by atoms with Crippen LogP contribution in [0.2, 0.25) is 0 Å². The molecule has 0 fully saturated rings. The van der Waals surface area contributed by atoms with Gasteiger partial charge in [-0.05, 0) is 31.2 Å². The van der Waals surface area contributed by atoms with E-state index in [0.29, 0.717) is 22.2 Å². The minimum absolute atomic E-state index is 0.274. The predicted octanol–water partition coefficient (Wildman–Crippen LogP) is 1.96. The van der Waals surface area contributed by atoms with Gasteiger partial charge in [0.1, 0.15) is 0 Å². The first-order valence-corrected chi connectivity index (χ1v) is 8.45. The Balaban J connectivity index is 2.11. The van der Waals surface area contributed by atoms with Gasteiger partial charge in [-0.25, -0.2) is 13.4 Å². The maximum atomic E-state index is 11.3. The molecule has 0 saturated carbocycles. The molecule has 3 N–H and O–H groups in total. The molecule has 0 spiro atoms. The summed E-state index contributed by atoms with van der Waals surface area (Å²) in [6, 6.07) is 6.37. The third-order valence-electron chi connectivity index (χ3n) is 2.53. The van der Waals surface area contributed by atoms with Crippen LogP contribution in [-0.2, 0) is 9.84 Å². The molecule has 0 unspecified atom stereocenters. The number of benzene rings is 1. The monoisotopic (exact) mass is 310 g/mol. The summed E-state index contributed by atoms with van der Waals surface area (Å²) in [7, 11) is -3.18. The maximum absolute atomic E-state index is 11.3. The van der Waals surface area contributed by atoms with Gasteiger partial charge in [-0.2, -0.15) is 5.10 Å². The van der Waals surface area contributed by atoms with Gasteiger partial charge in [0.15, 0.2) is 15.0 Å². The summed E-state index contributed by atoms with van der Waals surface area (Å²) in [6.45, 7) is 1.81. The number of nitrogens with zero attached hydrogens (tertiary/aromatic N) is 2. The van der Waals surface area contributed by atoms with Crippen molar-refractivity contribution in [1.29, 1.82) is 0 Å². The zero-order valence-corrected chi connectivity index (χ0v) is 12.6. The highest BCUT2D eigenvalue weighted by molar-refractivity contribution is 7.90. The summed E-state index contributed by atoms with van der Waals surface area (Å²) < 4.78 is 22.7. The highest BCUT2D eigenvalue weighted by Crippen LogP contribution is 2.15. The van der Waals surface area contributed by atoms with Crippen LogP contribution in [0.15, 0.2) is 39.6 Å². The number of sulfone groups is 1. The van der Waals surface area contributed by atoms with E-state index < -0.39 is 9.84 Å². The topological polar surface area (TPSA) is 97.4 Å². The molecule has 0 aliphatic heterocycles. The number of thiazole rings is 1. The molecule has 0 bridgehead atoms. The molecule has 0 amide bonds. The second kappa shape index (κ2) is 5.59. The first kappa shape index (κ1) is 14.5. The highest BCUT2D eigenvalue weighted by atomic mass is 32.2. The molecule has 1 aromatic heterocycles. The van der Waals surface area contributed by atoms with Crippen LogP contribution >= 0.6 is 11.3 Å². The SMILES string of the molecule is CC(=NNc1ccc(S(C)(=O)=O)cc1)c1csc(N)n1. The Morgan fingerprint density at radius 1 is 1.35 bits per heavy atom. The van der Waals surface area contributed by atoms with Gasteiger partial charge in [-0.3, -0.25) is 5.43 Å². The molecule has 6 nitrogen and oxygen atoms in total. The minimum Gasteiger partial charge on any atom is -0.375 e. The lowest BCUT2D eigenvalue weighted by molar-refractivity contribution is 0.602. The Hall–Kier alpha value is -1.93. The molecular formula is C12H14N4O2S2. The number of anilines is 2. The van der Waals surface area contributed by atoms with Gasteiger partial charge in [0.05, 0.1) is 22.0 Å². The van der Waals surface area contributed by atoms with Crippen molar-refractivity contribution in [3.63, 3.8) is 0 Å². The normalized spacial score (nSPS) is 12.4. The van der Waals surface area contributed by atoms with Crippen molar-refractivity contribution in [3.8, 4) is 0 Å². The van der Waals surface area contributed by atoms with Crippen LogP contribution in [-0.4, -0.2) is 25.4 Å². The van der Waals surface area contributed by atoms with E-state index in [0.717, 1.165) is 0 Å². The third kappa shape index (κ3) is 3.55. The number of hydrazone groups is 1. The first-order chi connectivity index (χ1) is 9.36. The predicted molar refractivity (Wildman–Crippen MR) is 81.9 cm³/mol. The molecule has 0 radical (unpaired) electrons. The van der Waals surface area contributed by atoms with Crippen LogP contribution in [0.5, 0.6) is 0 Å². The standard InChI is InChI=1S/C12H14N4O2S2/c1-8(11-7-19-12(13)14-11)15-16-9-3-5-10(6-4-9)20(2,17)18/h3-7,16H,1-2H3,(H2,13,14). The molecule has 2 rings (SSSR count). The average molecular weight is 310 g/mol. The third-order valence-corrected chi connectivity index (χ3v) is 4.33. The number of nitrogen functional groups attached to an aromatic ring is 1. The number of rotatable bonds is 4. The molecule has 0 aliphatic carbocycles. The van der Waals surface area contributed by atoms with Crippen LogP contribution in [0, 0.1) is 0 Å². The number of nitrogens with two attached hydrogens (primary N) is 1. The van der Waals surface area contributed by atoms with Gasteiger partial charge in [0.25, 0.3) is 0 Å². The molecule has 0 saturated heterocycles. The Bertz CT molecular complexity index is 733. The van der Waals surface area contributed by atoms with Crippen molar-refractivity contribution >= 4 is 37.7 Å². The molecule has 2 aromatic rings. The van der Waals surface area contributed by atoms with Crippen molar-refractivity contribution in [2.24, 2.45) is 5.10 Å². The van der Waals surface area contributed by atoms with E-state index in [4.69, 9.17) is 5.73 Å². The molecule has 0 atom stereocenters. The molecule has 1 heterocycles. The fourth-order valence-corrected chi connectivity index (χ4v) is 2.67. The van der Waals surface area contributed by atoms with Crippen molar-refractivity contribution in [1.82, 2.24) is 4.98 Å². The van der Waals surface area contributed by atoms with Crippen LogP contribution in [0.25, 0.3) is 0 Å². The average Bonchev–Trinajstić information content (AvgIpc) is 2.82. The van der Waals surface area contributed by atoms with E-state index in [1.54, 1.807) is 12.1 Å². The van der Waals surface area contributed by atoms with Crippen molar-refractivity contribution in [2.45, 2.75) is 11.8 Å². The lowest BCUT2D eigenvalue weighted by atomic mass is 10.3. The van der Waals surface area contributed by atoms with E-state index in [2.05, 4.69) is 15.5 Å². The largest absolute Gasteiger partial charge is 0.375 e. The molecule has 106 valence electrons. The van der Waals surface area contributed by atoms with Crippen LogP contribution < -0.4 is 11.2 Å². The summed E-state index contributed by atoms with van der Waals surface area (Å²) in [5, 5.41) is 6.49. The van der Waals surface area contributed by atoms with E-state index in [-0.39, 0.29) is 4.90 Å². The van der Waals surface area contributed by atoms with Gasteiger partial charge in [0.2, 0.25) is 0 Å². The second-order valence-corrected chi connectivity index (χ2v) is 7.08. The van der Waals surface area contributed by atoms with Gasteiger partial charge < -0.3 is 5.73 Å². The van der Waals surface area contributed by atoms with Gasteiger partial charge in [0, 0.05) is 11.6 Å². The Kier molecular flexibility index (Phi) is 4.05. The smallest absolute Gasteiger partial charge is 0.180 e.